The molecular weight excluding hydrogens is 243 g/mol. The lowest BCUT2D eigenvalue weighted by atomic mass is 10.2. The summed E-state index contributed by atoms with van der Waals surface area (Å²) in [6, 6.07) is 1.32. The van der Waals surface area contributed by atoms with Gasteiger partial charge in [-0.2, -0.15) is 5.10 Å². The van der Waals surface area contributed by atoms with Crippen LogP contribution in [0.2, 0.25) is 0 Å². The highest BCUT2D eigenvalue weighted by Crippen LogP contribution is 2.19. The van der Waals surface area contributed by atoms with E-state index >= 15 is 0 Å². The Balaban J connectivity index is 2.08. The summed E-state index contributed by atoms with van der Waals surface area (Å²) in [6.07, 6.45) is 3.43. The number of anilines is 1. The third-order valence-electron chi connectivity index (χ3n) is 2.50. The van der Waals surface area contributed by atoms with Gasteiger partial charge in [-0.3, -0.25) is 4.68 Å². The molecule has 1 heterocycles. The Bertz CT molecular complexity index is 551. The van der Waals surface area contributed by atoms with Gasteiger partial charge in [0.05, 0.1) is 11.9 Å². The normalized spacial score (nSPS) is 10.7. The van der Waals surface area contributed by atoms with Crippen molar-refractivity contribution in [1.29, 1.82) is 0 Å². The highest BCUT2D eigenvalue weighted by molar-refractivity contribution is 5.45. The summed E-state index contributed by atoms with van der Waals surface area (Å²) >= 11 is 0. The van der Waals surface area contributed by atoms with Crippen molar-refractivity contribution < 1.29 is 13.2 Å². The molecule has 0 spiro atoms. The van der Waals surface area contributed by atoms with Crippen LogP contribution in [0.25, 0.3) is 0 Å². The van der Waals surface area contributed by atoms with Gasteiger partial charge in [-0.25, -0.2) is 13.2 Å². The fraction of sp³-hybridized carbons (Fsp3) is 0.250. The maximum atomic E-state index is 13.3. The highest BCUT2D eigenvalue weighted by Gasteiger charge is 2.09. The number of nitrogens with zero attached hydrogens (tertiary/aromatic N) is 2. The van der Waals surface area contributed by atoms with E-state index in [1.807, 2.05) is 6.92 Å². The van der Waals surface area contributed by atoms with Crippen LogP contribution in [0, 0.1) is 17.5 Å². The number of aromatic nitrogens is 2. The number of rotatable bonds is 4. The minimum absolute atomic E-state index is 0.0712. The topological polar surface area (TPSA) is 29.9 Å². The minimum Gasteiger partial charge on any atom is -0.378 e. The number of hydrogen-bond donors (Lipinski definition) is 1. The van der Waals surface area contributed by atoms with Crippen LogP contribution in [0.3, 0.4) is 0 Å². The van der Waals surface area contributed by atoms with Crippen LogP contribution < -0.4 is 5.32 Å². The maximum Gasteiger partial charge on any atom is 0.161 e. The van der Waals surface area contributed by atoms with E-state index in [2.05, 4.69) is 10.4 Å². The summed E-state index contributed by atoms with van der Waals surface area (Å²) in [5.41, 5.74) is 0.763. The average molecular weight is 255 g/mol. The second kappa shape index (κ2) is 5.12. The largest absolute Gasteiger partial charge is 0.378 e. The van der Waals surface area contributed by atoms with E-state index in [0.717, 1.165) is 18.2 Å². The predicted molar refractivity (Wildman–Crippen MR) is 61.5 cm³/mol. The first-order valence-corrected chi connectivity index (χ1v) is 5.50. The Morgan fingerprint density at radius 3 is 2.56 bits per heavy atom. The Morgan fingerprint density at radius 1 is 1.17 bits per heavy atom. The number of nitrogens with one attached hydrogen (secondary N) is 1. The van der Waals surface area contributed by atoms with Crippen molar-refractivity contribution in [2.75, 3.05) is 5.32 Å². The minimum atomic E-state index is -1.20. The molecule has 0 bridgehead atoms. The molecule has 0 saturated heterocycles. The Hall–Kier alpha value is -1.98. The third-order valence-corrected chi connectivity index (χ3v) is 2.50. The van der Waals surface area contributed by atoms with Crippen molar-refractivity contribution in [3.8, 4) is 0 Å². The Kier molecular flexibility index (Phi) is 3.55. The quantitative estimate of drug-likeness (QED) is 0.851. The van der Waals surface area contributed by atoms with Crippen LogP contribution >= 0.6 is 0 Å². The molecule has 0 aliphatic heterocycles. The first-order valence-electron chi connectivity index (χ1n) is 5.50. The summed E-state index contributed by atoms with van der Waals surface area (Å²) in [7, 11) is 0. The predicted octanol–water partition coefficient (Wildman–Crippen LogP) is 2.93. The van der Waals surface area contributed by atoms with Gasteiger partial charge in [0.15, 0.2) is 11.6 Å². The molecule has 0 fully saturated rings. The molecule has 0 saturated carbocycles. The first-order chi connectivity index (χ1) is 8.60. The van der Waals surface area contributed by atoms with Crippen LogP contribution in [0.4, 0.5) is 18.9 Å². The number of benzene rings is 1. The Labute approximate surface area is 102 Å². The van der Waals surface area contributed by atoms with E-state index in [1.165, 1.54) is 0 Å². The second-order valence-electron chi connectivity index (χ2n) is 3.80. The van der Waals surface area contributed by atoms with Crippen LogP contribution in [-0.2, 0) is 13.1 Å². The van der Waals surface area contributed by atoms with Gasteiger partial charge in [0.25, 0.3) is 0 Å². The van der Waals surface area contributed by atoms with Crippen LogP contribution in [-0.4, -0.2) is 9.78 Å². The monoisotopic (exact) mass is 255 g/mol. The van der Waals surface area contributed by atoms with Gasteiger partial charge in [0.2, 0.25) is 0 Å². The smallest absolute Gasteiger partial charge is 0.161 e. The van der Waals surface area contributed by atoms with Gasteiger partial charge in [-0.15, -0.1) is 0 Å². The van der Waals surface area contributed by atoms with Crippen LogP contribution in [0.15, 0.2) is 24.5 Å². The third kappa shape index (κ3) is 2.64. The van der Waals surface area contributed by atoms with E-state index in [-0.39, 0.29) is 5.69 Å². The van der Waals surface area contributed by atoms with Gasteiger partial charge in [-0.1, -0.05) is 0 Å². The standard InChI is InChI=1S/C12H12F3N3/c1-2-18-7-8(6-17-18)5-16-12-4-10(14)9(13)3-11(12)15/h3-4,6-7,16H,2,5H2,1H3. The van der Waals surface area contributed by atoms with E-state index < -0.39 is 17.5 Å². The lowest BCUT2D eigenvalue weighted by Gasteiger charge is -2.06. The zero-order valence-corrected chi connectivity index (χ0v) is 9.75. The number of halogens is 3. The first kappa shape index (κ1) is 12.5. The van der Waals surface area contributed by atoms with E-state index in [4.69, 9.17) is 0 Å². The molecule has 2 rings (SSSR count). The molecule has 1 aromatic heterocycles. The summed E-state index contributed by atoms with van der Waals surface area (Å²) in [5.74, 6) is -3.10. The summed E-state index contributed by atoms with van der Waals surface area (Å²) in [4.78, 5) is 0. The number of aryl methyl sites for hydroxylation is 1. The van der Waals surface area contributed by atoms with E-state index in [0.29, 0.717) is 12.6 Å². The molecule has 3 nitrogen and oxygen atoms in total. The molecule has 0 radical (unpaired) electrons. The molecule has 96 valence electrons. The molecule has 2 aromatic rings. The SMILES string of the molecule is CCn1cc(CNc2cc(F)c(F)cc2F)cn1. The molecule has 6 heteroatoms. The highest BCUT2D eigenvalue weighted by atomic mass is 19.2. The molecule has 0 atom stereocenters. The summed E-state index contributed by atoms with van der Waals surface area (Å²) in [5, 5.41) is 6.75. The van der Waals surface area contributed by atoms with Crippen molar-refractivity contribution in [3.63, 3.8) is 0 Å². The van der Waals surface area contributed by atoms with Crippen molar-refractivity contribution in [3.05, 3.63) is 47.5 Å². The molecule has 1 N–H and O–H groups in total. The van der Waals surface area contributed by atoms with Gasteiger partial charge in [-0.05, 0) is 6.92 Å². The van der Waals surface area contributed by atoms with Gasteiger partial charge < -0.3 is 5.32 Å². The molecule has 18 heavy (non-hydrogen) atoms. The lowest BCUT2D eigenvalue weighted by molar-refractivity contribution is 0.496. The van der Waals surface area contributed by atoms with E-state index in [9.17, 15) is 13.2 Å². The van der Waals surface area contributed by atoms with Gasteiger partial charge >= 0.3 is 0 Å². The zero-order valence-electron chi connectivity index (χ0n) is 9.75. The lowest BCUT2D eigenvalue weighted by Crippen LogP contribution is -2.02. The summed E-state index contributed by atoms with van der Waals surface area (Å²) < 4.78 is 40.7. The fourth-order valence-electron chi connectivity index (χ4n) is 1.53. The van der Waals surface area contributed by atoms with Gasteiger partial charge in [0, 0.05) is 37.0 Å². The average Bonchev–Trinajstić information content (AvgIpc) is 2.80. The van der Waals surface area contributed by atoms with Crippen molar-refractivity contribution in [1.82, 2.24) is 9.78 Å². The fourth-order valence-corrected chi connectivity index (χ4v) is 1.53. The van der Waals surface area contributed by atoms with Crippen LogP contribution in [0.5, 0.6) is 0 Å². The Morgan fingerprint density at radius 2 is 1.89 bits per heavy atom. The second-order valence-corrected chi connectivity index (χ2v) is 3.80. The summed E-state index contributed by atoms with van der Waals surface area (Å²) in [6.45, 7) is 2.97. The van der Waals surface area contributed by atoms with Crippen LogP contribution in [0.1, 0.15) is 12.5 Å². The molecular formula is C12H12F3N3. The van der Waals surface area contributed by atoms with Gasteiger partial charge in [0.1, 0.15) is 5.82 Å². The maximum absolute atomic E-state index is 13.3. The molecule has 1 aromatic carbocycles. The molecule has 0 aliphatic rings. The van der Waals surface area contributed by atoms with Crippen molar-refractivity contribution in [2.45, 2.75) is 20.0 Å². The zero-order chi connectivity index (χ0) is 13.1. The van der Waals surface area contributed by atoms with Crippen molar-refractivity contribution in [2.24, 2.45) is 0 Å². The molecule has 0 amide bonds. The van der Waals surface area contributed by atoms with Crippen molar-refractivity contribution >= 4 is 5.69 Å². The number of hydrogen-bond acceptors (Lipinski definition) is 2. The molecule has 0 aliphatic carbocycles. The molecule has 0 unspecified atom stereocenters. The van der Waals surface area contributed by atoms with E-state index in [1.54, 1.807) is 17.1 Å².